The Morgan fingerprint density at radius 1 is 1.10 bits per heavy atom. The summed E-state index contributed by atoms with van der Waals surface area (Å²) in [7, 11) is 0. The van der Waals surface area contributed by atoms with E-state index in [1.807, 2.05) is 36.4 Å². The van der Waals surface area contributed by atoms with E-state index in [0.717, 1.165) is 12.0 Å². The molecule has 0 unspecified atom stereocenters. The zero-order chi connectivity index (χ0) is 14.4. The lowest BCUT2D eigenvalue weighted by atomic mass is 10.1. The van der Waals surface area contributed by atoms with Crippen LogP contribution < -0.4 is 5.32 Å². The number of rotatable bonds is 6. The highest BCUT2D eigenvalue weighted by atomic mass is 79.9. The number of hydrogen-bond acceptors (Lipinski definition) is 2. The van der Waals surface area contributed by atoms with Gasteiger partial charge in [-0.15, -0.1) is 0 Å². The van der Waals surface area contributed by atoms with Crippen LogP contribution in [0.4, 0.5) is 4.39 Å². The van der Waals surface area contributed by atoms with Gasteiger partial charge >= 0.3 is 0 Å². The molecule has 2 rings (SSSR count). The molecule has 0 aromatic heterocycles. The van der Waals surface area contributed by atoms with E-state index in [2.05, 4.69) is 21.2 Å². The lowest BCUT2D eigenvalue weighted by Crippen LogP contribution is -2.34. The van der Waals surface area contributed by atoms with Crippen molar-refractivity contribution in [3.63, 3.8) is 0 Å². The van der Waals surface area contributed by atoms with E-state index in [1.54, 1.807) is 6.07 Å². The van der Waals surface area contributed by atoms with Gasteiger partial charge in [-0.05, 0) is 45.6 Å². The van der Waals surface area contributed by atoms with Crippen molar-refractivity contribution in [1.29, 1.82) is 0 Å². The van der Waals surface area contributed by atoms with Crippen molar-refractivity contribution in [3.8, 4) is 0 Å². The molecule has 0 fully saturated rings. The molecule has 0 saturated heterocycles. The molecular formula is C16H17BrFNO. The van der Waals surface area contributed by atoms with E-state index in [4.69, 9.17) is 0 Å². The fourth-order valence-electron chi connectivity index (χ4n) is 2.01. The monoisotopic (exact) mass is 337 g/mol. The second kappa shape index (κ2) is 7.53. The number of aliphatic hydroxyl groups excluding tert-OH is 1. The Morgan fingerprint density at radius 2 is 1.85 bits per heavy atom. The second-order valence-corrected chi connectivity index (χ2v) is 5.55. The molecule has 2 nitrogen and oxygen atoms in total. The molecule has 20 heavy (non-hydrogen) atoms. The van der Waals surface area contributed by atoms with Crippen LogP contribution in [0.5, 0.6) is 0 Å². The first-order chi connectivity index (χ1) is 9.69. The second-order valence-electron chi connectivity index (χ2n) is 4.70. The standard InChI is InChI=1S/C16H17BrFNO/c17-15-7-6-13(9-16(15)18)10-19-14(11-20)8-12-4-2-1-3-5-12/h1-7,9,14,19-20H,8,10-11H2/t14-/m0/s1. The molecule has 0 saturated carbocycles. The highest BCUT2D eigenvalue weighted by Gasteiger charge is 2.08. The van der Waals surface area contributed by atoms with Crippen LogP contribution in [-0.2, 0) is 13.0 Å². The van der Waals surface area contributed by atoms with Crippen molar-refractivity contribution < 1.29 is 9.50 Å². The molecule has 2 N–H and O–H groups in total. The summed E-state index contributed by atoms with van der Waals surface area (Å²) in [6.45, 7) is 0.580. The van der Waals surface area contributed by atoms with Crippen molar-refractivity contribution in [2.75, 3.05) is 6.61 Å². The zero-order valence-corrected chi connectivity index (χ0v) is 12.6. The number of aliphatic hydroxyl groups is 1. The van der Waals surface area contributed by atoms with Crippen molar-refractivity contribution in [3.05, 3.63) is 69.9 Å². The van der Waals surface area contributed by atoms with E-state index >= 15 is 0 Å². The molecule has 0 radical (unpaired) electrons. The molecule has 0 heterocycles. The van der Waals surface area contributed by atoms with E-state index in [-0.39, 0.29) is 18.5 Å². The van der Waals surface area contributed by atoms with Gasteiger partial charge in [-0.25, -0.2) is 4.39 Å². The van der Waals surface area contributed by atoms with Gasteiger partial charge in [0.05, 0.1) is 11.1 Å². The molecule has 106 valence electrons. The molecular weight excluding hydrogens is 321 g/mol. The van der Waals surface area contributed by atoms with Crippen LogP contribution in [-0.4, -0.2) is 17.8 Å². The third-order valence-electron chi connectivity index (χ3n) is 3.12. The summed E-state index contributed by atoms with van der Waals surface area (Å²) >= 11 is 3.13. The zero-order valence-electron chi connectivity index (χ0n) is 11.0. The molecule has 4 heteroatoms. The maximum atomic E-state index is 13.4. The average Bonchev–Trinajstić information content (AvgIpc) is 2.48. The highest BCUT2D eigenvalue weighted by Crippen LogP contribution is 2.16. The van der Waals surface area contributed by atoms with Crippen LogP contribution in [0.1, 0.15) is 11.1 Å². The van der Waals surface area contributed by atoms with Gasteiger partial charge in [0.15, 0.2) is 0 Å². The van der Waals surface area contributed by atoms with Gasteiger partial charge in [0.2, 0.25) is 0 Å². The maximum Gasteiger partial charge on any atom is 0.137 e. The summed E-state index contributed by atoms with van der Waals surface area (Å²) in [5.74, 6) is -0.270. The third-order valence-corrected chi connectivity index (χ3v) is 3.77. The van der Waals surface area contributed by atoms with Gasteiger partial charge in [-0.2, -0.15) is 0 Å². The maximum absolute atomic E-state index is 13.4. The highest BCUT2D eigenvalue weighted by molar-refractivity contribution is 9.10. The molecule has 0 aliphatic rings. The Kier molecular flexibility index (Phi) is 5.71. The van der Waals surface area contributed by atoms with E-state index in [1.165, 1.54) is 11.6 Å². The van der Waals surface area contributed by atoms with Gasteiger partial charge in [0, 0.05) is 12.6 Å². The van der Waals surface area contributed by atoms with Crippen LogP contribution in [0.2, 0.25) is 0 Å². The molecule has 2 aromatic carbocycles. The number of hydrogen-bond donors (Lipinski definition) is 2. The molecule has 1 atom stereocenters. The molecule has 0 aliphatic carbocycles. The van der Waals surface area contributed by atoms with Crippen molar-refractivity contribution in [2.45, 2.75) is 19.0 Å². The van der Waals surface area contributed by atoms with Crippen molar-refractivity contribution in [2.24, 2.45) is 0 Å². The normalized spacial score (nSPS) is 12.3. The Balaban J connectivity index is 1.92. The Bertz CT molecular complexity index is 547. The summed E-state index contributed by atoms with van der Waals surface area (Å²) < 4.78 is 13.9. The topological polar surface area (TPSA) is 32.3 Å². The van der Waals surface area contributed by atoms with Crippen LogP contribution in [0.25, 0.3) is 0 Å². The first-order valence-electron chi connectivity index (χ1n) is 6.51. The first kappa shape index (κ1) is 15.2. The van der Waals surface area contributed by atoms with E-state index < -0.39 is 0 Å². The smallest absolute Gasteiger partial charge is 0.137 e. The van der Waals surface area contributed by atoms with Gasteiger partial charge < -0.3 is 10.4 Å². The lowest BCUT2D eigenvalue weighted by Gasteiger charge is -2.16. The van der Waals surface area contributed by atoms with Crippen molar-refractivity contribution >= 4 is 15.9 Å². The predicted molar refractivity (Wildman–Crippen MR) is 82.0 cm³/mol. The van der Waals surface area contributed by atoms with Gasteiger partial charge in [0.25, 0.3) is 0 Å². The van der Waals surface area contributed by atoms with Crippen molar-refractivity contribution in [1.82, 2.24) is 5.32 Å². The summed E-state index contributed by atoms with van der Waals surface area (Å²) in [6.07, 6.45) is 0.746. The minimum atomic E-state index is -0.270. The third kappa shape index (κ3) is 4.40. The summed E-state index contributed by atoms with van der Waals surface area (Å²) in [5, 5.41) is 12.7. The molecule has 2 aromatic rings. The molecule has 0 amide bonds. The predicted octanol–water partition coefficient (Wildman–Crippen LogP) is 3.28. The fraction of sp³-hybridized carbons (Fsp3) is 0.250. The summed E-state index contributed by atoms with van der Waals surface area (Å²) in [6, 6.07) is 15.0. The van der Waals surface area contributed by atoms with E-state index in [0.29, 0.717) is 11.0 Å². The summed E-state index contributed by atoms with van der Waals surface area (Å²) in [5.41, 5.74) is 2.03. The van der Waals surface area contributed by atoms with Crippen LogP contribution in [0.3, 0.4) is 0 Å². The minimum Gasteiger partial charge on any atom is -0.395 e. The largest absolute Gasteiger partial charge is 0.395 e. The van der Waals surface area contributed by atoms with Gasteiger partial charge in [-0.3, -0.25) is 0 Å². The Morgan fingerprint density at radius 3 is 2.50 bits per heavy atom. The van der Waals surface area contributed by atoms with Crippen LogP contribution >= 0.6 is 15.9 Å². The molecule has 0 aliphatic heterocycles. The van der Waals surface area contributed by atoms with Crippen LogP contribution in [0, 0.1) is 5.82 Å². The van der Waals surface area contributed by atoms with E-state index in [9.17, 15) is 9.50 Å². The summed E-state index contributed by atoms with van der Waals surface area (Å²) in [4.78, 5) is 0. The number of benzene rings is 2. The molecule has 0 bridgehead atoms. The fourth-order valence-corrected chi connectivity index (χ4v) is 2.26. The van der Waals surface area contributed by atoms with Crippen LogP contribution in [0.15, 0.2) is 53.0 Å². The Labute approximate surface area is 126 Å². The number of halogens is 2. The average molecular weight is 338 g/mol. The lowest BCUT2D eigenvalue weighted by molar-refractivity contribution is 0.241. The minimum absolute atomic E-state index is 0.0379. The SMILES string of the molecule is OC[C@H](Cc1ccccc1)NCc1ccc(Br)c(F)c1. The first-order valence-corrected chi connectivity index (χ1v) is 7.30. The Hall–Kier alpha value is -1.23. The quantitative estimate of drug-likeness (QED) is 0.847. The van der Waals surface area contributed by atoms with Gasteiger partial charge in [-0.1, -0.05) is 36.4 Å². The van der Waals surface area contributed by atoms with Gasteiger partial charge in [0.1, 0.15) is 5.82 Å². The number of nitrogens with one attached hydrogen (secondary N) is 1. The molecule has 0 spiro atoms.